The zero-order valence-electron chi connectivity index (χ0n) is 10.5. The molecule has 94 valence electrons. The second kappa shape index (κ2) is 4.63. The summed E-state index contributed by atoms with van der Waals surface area (Å²) < 4.78 is 0. The van der Waals surface area contributed by atoms with E-state index in [1.54, 1.807) is 0 Å². The van der Waals surface area contributed by atoms with Crippen molar-refractivity contribution in [3.05, 3.63) is 0 Å². The minimum absolute atomic E-state index is 0.385. The van der Waals surface area contributed by atoms with Crippen LogP contribution < -0.4 is 11.1 Å². The van der Waals surface area contributed by atoms with Crippen LogP contribution in [0.5, 0.6) is 0 Å². The number of rotatable bonds is 2. The molecule has 1 saturated carbocycles. The summed E-state index contributed by atoms with van der Waals surface area (Å²) in [6.45, 7) is 4.07. The first-order chi connectivity index (χ1) is 7.60. The molecule has 16 heavy (non-hydrogen) atoms. The highest BCUT2D eigenvalue weighted by molar-refractivity contribution is 5.08. The molecule has 3 heteroatoms. The minimum Gasteiger partial charge on any atom is -0.388 e. The lowest BCUT2D eigenvalue weighted by Crippen LogP contribution is -2.68. The average molecular weight is 226 g/mol. The Kier molecular flexibility index (Phi) is 3.57. The highest BCUT2D eigenvalue weighted by Crippen LogP contribution is 2.41. The zero-order valence-corrected chi connectivity index (χ0v) is 10.5. The third kappa shape index (κ3) is 2.13. The lowest BCUT2D eigenvalue weighted by molar-refractivity contribution is -0.0811. The van der Waals surface area contributed by atoms with Crippen LogP contribution in [0.3, 0.4) is 0 Å². The maximum absolute atomic E-state index is 10.8. The normalized spacial score (nSPS) is 45.6. The summed E-state index contributed by atoms with van der Waals surface area (Å²) in [7, 11) is 0. The van der Waals surface area contributed by atoms with Crippen molar-refractivity contribution in [2.45, 2.75) is 63.0 Å². The smallest absolute Gasteiger partial charge is 0.0839 e. The van der Waals surface area contributed by atoms with E-state index in [-0.39, 0.29) is 5.54 Å². The molecule has 1 unspecified atom stereocenters. The molecule has 0 bridgehead atoms. The molecular weight excluding hydrogens is 200 g/mol. The van der Waals surface area contributed by atoms with Gasteiger partial charge in [-0.1, -0.05) is 13.3 Å². The van der Waals surface area contributed by atoms with Crippen LogP contribution in [0.25, 0.3) is 0 Å². The molecule has 4 N–H and O–H groups in total. The highest BCUT2D eigenvalue weighted by Gasteiger charge is 2.49. The van der Waals surface area contributed by atoms with Crippen LogP contribution in [0.4, 0.5) is 0 Å². The number of aliphatic hydroxyl groups is 1. The third-order valence-electron chi connectivity index (χ3n) is 4.85. The summed E-state index contributed by atoms with van der Waals surface area (Å²) in [5.41, 5.74) is 5.44. The molecule has 1 aliphatic heterocycles. The van der Waals surface area contributed by atoms with Crippen LogP contribution in [-0.4, -0.2) is 29.3 Å². The van der Waals surface area contributed by atoms with Gasteiger partial charge in [0.05, 0.1) is 11.1 Å². The summed E-state index contributed by atoms with van der Waals surface area (Å²) in [6, 6.07) is 0. The molecule has 1 heterocycles. The van der Waals surface area contributed by atoms with Gasteiger partial charge in [-0.3, -0.25) is 0 Å². The van der Waals surface area contributed by atoms with Gasteiger partial charge in [0.1, 0.15) is 0 Å². The van der Waals surface area contributed by atoms with Crippen molar-refractivity contribution in [3.8, 4) is 0 Å². The maximum atomic E-state index is 10.8. The van der Waals surface area contributed by atoms with Gasteiger partial charge in [-0.05, 0) is 51.0 Å². The van der Waals surface area contributed by atoms with Crippen molar-refractivity contribution >= 4 is 0 Å². The van der Waals surface area contributed by atoms with Gasteiger partial charge < -0.3 is 16.2 Å². The van der Waals surface area contributed by atoms with Gasteiger partial charge in [-0.2, -0.15) is 0 Å². The predicted octanol–water partition coefficient (Wildman–Crippen LogP) is 1.40. The highest BCUT2D eigenvalue weighted by atomic mass is 16.3. The van der Waals surface area contributed by atoms with Gasteiger partial charge in [0.2, 0.25) is 0 Å². The number of nitrogens with two attached hydrogens (primary N) is 1. The quantitative estimate of drug-likeness (QED) is 0.667. The molecule has 0 aromatic heterocycles. The van der Waals surface area contributed by atoms with Crippen molar-refractivity contribution in [1.82, 2.24) is 5.32 Å². The van der Waals surface area contributed by atoms with Gasteiger partial charge in [0, 0.05) is 6.54 Å². The molecule has 3 nitrogen and oxygen atoms in total. The largest absolute Gasteiger partial charge is 0.388 e. The predicted molar refractivity (Wildman–Crippen MR) is 66.2 cm³/mol. The molecule has 1 saturated heterocycles. The Balaban J connectivity index is 2.01. The fraction of sp³-hybridized carbons (Fsp3) is 1.00. The Bertz CT molecular complexity index is 228. The van der Waals surface area contributed by atoms with E-state index in [9.17, 15) is 5.11 Å². The van der Waals surface area contributed by atoms with Crippen molar-refractivity contribution < 1.29 is 5.11 Å². The van der Waals surface area contributed by atoms with Crippen LogP contribution in [0.1, 0.15) is 51.9 Å². The molecule has 1 aliphatic carbocycles. The van der Waals surface area contributed by atoms with Gasteiger partial charge in [-0.25, -0.2) is 0 Å². The number of hydrogen-bond acceptors (Lipinski definition) is 3. The molecule has 0 spiro atoms. The molecule has 2 rings (SSSR count). The SMILES string of the molecule is CCC1CCC(O)(C2(N)CCCNC2)CC1. The average Bonchev–Trinajstić information content (AvgIpc) is 2.31. The Morgan fingerprint density at radius 1 is 1.31 bits per heavy atom. The number of piperidine rings is 1. The van der Waals surface area contributed by atoms with Crippen molar-refractivity contribution in [2.75, 3.05) is 13.1 Å². The zero-order chi connectivity index (χ0) is 11.6. The first kappa shape index (κ1) is 12.3. The summed E-state index contributed by atoms with van der Waals surface area (Å²) >= 11 is 0. The molecule has 0 radical (unpaired) electrons. The lowest BCUT2D eigenvalue weighted by Gasteiger charge is -2.50. The second-order valence-corrected chi connectivity index (χ2v) is 5.82. The fourth-order valence-electron chi connectivity index (χ4n) is 3.39. The Morgan fingerprint density at radius 2 is 2.00 bits per heavy atom. The molecular formula is C13H26N2O. The summed E-state index contributed by atoms with van der Waals surface area (Å²) in [5, 5.41) is 14.1. The van der Waals surface area contributed by atoms with E-state index < -0.39 is 5.60 Å². The van der Waals surface area contributed by atoms with Crippen LogP contribution in [0.2, 0.25) is 0 Å². The van der Waals surface area contributed by atoms with Crippen LogP contribution in [-0.2, 0) is 0 Å². The van der Waals surface area contributed by atoms with E-state index >= 15 is 0 Å². The van der Waals surface area contributed by atoms with E-state index in [0.717, 1.165) is 57.5 Å². The Labute approximate surface area is 98.8 Å². The topological polar surface area (TPSA) is 58.3 Å². The van der Waals surface area contributed by atoms with Crippen LogP contribution in [0.15, 0.2) is 0 Å². The first-order valence-corrected chi connectivity index (χ1v) is 6.82. The van der Waals surface area contributed by atoms with Crippen LogP contribution in [0, 0.1) is 5.92 Å². The molecule has 0 aromatic carbocycles. The molecule has 1 atom stereocenters. The van der Waals surface area contributed by atoms with E-state index in [4.69, 9.17) is 5.73 Å². The maximum Gasteiger partial charge on any atom is 0.0839 e. The van der Waals surface area contributed by atoms with E-state index in [0.29, 0.717) is 0 Å². The Morgan fingerprint density at radius 3 is 2.50 bits per heavy atom. The second-order valence-electron chi connectivity index (χ2n) is 5.82. The van der Waals surface area contributed by atoms with Crippen LogP contribution >= 0.6 is 0 Å². The fourth-order valence-corrected chi connectivity index (χ4v) is 3.39. The van der Waals surface area contributed by atoms with E-state index in [1.807, 2.05) is 0 Å². The monoisotopic (exact) mass is 226 g/mol. The minimum atomic E-state index is -0.619. The van der Waals surface area contributed by atoms with Crippen molar-refractivity contribution in [1.29, 1.82) is 0 Å². The van der Waals surface area contributed by atoms with Gasteiger partial charge in [-0.15, -0.1) is 0 Å². The molecule has 2 fully saturated rings. The first-order valence-electron chi connectivity index (χ1n) is 6.82. The summed E-state index contributed by atoms with van der Waals surface area (Å²) in [5.74, 6) is 0.806. The van der Waals surface area contributed by atoms with Crippen molar-refractivity contribution in [2.24, 2.45) is 11.7 Å². The molecule has 2 aliphatic rings. The van der Waals surface area contributed by atoms with Gasteiger partial charge >= 0.3 is 0 Å². The standard InChI is InChI=1S/C13H26N2O/c1-2-11-4-7-13(16,8-5-11)12(14)6-3-9-15-10-12/h11,15-16H,2-10,14H2,1H3. The number of nitrogens with one attached hydrogen (secondary N) is 1. The lowest BCUT2D eigenvalue weighted by atomic mass is 9.65. The molecule has 0 amide bonds. The Hall–Kier alpha value is -0.120. The van der Waals surface area contributed by atoms with Gasteiger partial charge in [0.15, 0.2) is 0 Å². The number of hydrogen-bond donors (Lipinski definition) is 3. The third-order valence-corrected chi connectivity index (χ3v) is 4.85. The van der Waals surface area contributed by atoms with E-state index in [1.165, 1.54) is 6.42 Å². The summed E-state index contributed by atoms with van der Waals surface area (Å²) in [4.78, 5) is 0. The van der Waals surface area contributed by atoms with E-state index in [2.05, 4.69) is 12.2 Å². The van der Waals surface area contributed by atoms with Crippen molar-refractivity contribution in [3.63, 3.8) is 0 Å². The summed E-state index contributed by atoms with van der Waals surface area (Å²) in [6.07, 6.45) is 7.38. The van der Waals surface area contributed by atoms with Gasteiger partial charge in [0.25, 0.3) is 0 Å². The molecule has 0 aromatic rings.